The van der Waals surface area contributed by atoms with Crippen molar-refractivity contribution in [2.45, 2.75) is 19.4 Å². The maximum Gasteiger partial charge on any atom is 0.233 e. The van der Waals surface area contributed by atoms with Gasteiger partial charge in [0, 0.05) is 13.6 Å². The Bertz CT molecular complexity index is 396. The summed E-state index contributed by atoms with van der Waals surface area (Å²) in [6, 6.07) is 7.80. The zero-order valence-electron chi connectivity index (χ0n) is 11.5. The largest absolute Gasteiger partial charge is 0.491 e. The molecule has 5 nitrogen and oxygen atoms in total. The number of rotatable bonds is 8. The van der Waals surface area contributed by atoms with Crippen LogP contribution in [0.25, 0.3) is 0 Å². The number of amides is 1. The predicted octanol–water partition coefficient (Wildman–Crippen LogP) is 0.324. The third-order valence-electron chi connectivity index (χ3n) is 2.69. The third kappa shape index (κ3) is 6.22. The van der Waals surface area contributed by atoms with Gasteiger partial charge in [-0.1, -0.05) is 19.1 Å². The Kier molecular flexibility index (Phi) is 6.92. The minimum Gasteiger partial charge on any atom is -0.491 e. The van der Waals surface area contributed by atoms with Gasteiger partial charge in [-0.2, -0.15) is 0 Å². The van der Waals surface area contributed by atoms with Crippen molar-refractivity contribution >= 4 is 5.91 Å². The average molecular weight is 266 g/mol. The fraction of sp³-hybridized carbons (Fsp3) is 0.500. The number of likely N-dealkylation sites (N-methyl/N-ethyl adjacent to an activating group) is 1. The number of hydrogen-bond donors (Lipinski definition) is 3. The minimum absolute atomic E-state index is 0.108. The SMILES string of the molecule is CCc1cccc(OCC(O)CNCC(=O)NC)c1. The Morgan fingerprint density at radius 2 is 2.26 bits per heavy atom. The first-order valence-electron chi connectivity index (χ1n) is 6.46. The van der Waals surface area contributed by atoms with Gasteiger partial charge in [0.2, 0.25) is 5.91 Å². The standard InChI is InChI=1S/C14H22N2O3/c1-3-11-5-4-6-13(7-11)19-10-12(17)8-16-9-14(18)15-2/h4-7,12,16-17H,3,8-10H2,1-2H3,(H,15,18). The second-order valence-corrected chi connectivity index (χ2v) is 4.27. The Hall–Kier alpha value is -1.59. The molecule has 0 aliphatic rings. The van der Waals surface area contributed by atoms with Crippen LogP contribution in [-0.2, 0) is 11.2 Å². The van der Waals surface area contributed by atoms with Crippen molar-refractivity contribution in [3.8, 4) is 5.75 Å². The number of aryl methyl sites for hydroxylation is 1. The summed E-state index contributed by atoms with van der Waals surface area (Å²) in [6.07, 6.45) is 0.308. The lowest BCUT2D eigenvalue weighted by Crippen LogP contribution is -2.37. The first-order valence-corrected chi connectivity index (χ1v) is 6.46. The van der Waals surface area contributed by atoms with E-state index in [0.717, 1.165) is 12.2 Å². The van der Waals surface area contributed by atoms with Gasteiger partial charge in [0.05, 0.1) is 6.54 Å². The van der Waals surface area contributed by atoms with Gasteiger partial charge in [0.15, 0.2) is 0 Å². The van der Waals surface area contributed by atoms with Crippen molar-refractivity contribution in [2.24, 2.45) is 0 Å². The van der Waals surface area contributed by atoms with Gasteiger partial charge in [-0.05, 0) is 24.1 Å². The molecule has 0 aromatic heterocycles. The van der Waals surface area contributed by atoms with Gasteiger partial charge >= 0.3 is 0 Å². The molecule has 1 amide bonds. The molecule has 0 aliphatic carbocycles. The maximum atomic E-state index is 11.0. The van der Waals surface area contributed by atoms with Crippen LogP contribution >= 0.6 is 0 Å². The van der Waals surface area contributed by atoms with E-state index >= 15 is 0 Å². The van der Waals surface area contributed by atoms with E-state index < -0.39 is 6.10 Å². The number of ether oxygens (including phenoxy) is 1. The lowest BCUT2D eigenvalue weighted by molar-refractivity contribution is -0.119. The van der Waals surface area contributed by atoms with Gasteiger partial charge in [-0.15, -0.1) is 0 Å². The van der Waals surface area contributed by atoms with Crippen LogP contribution in [0.3, 0.4) is 0 Å². The van der Waals surface area contributed by atoms with Crippen molar-refractivity contribution in [2.75, 3.05) is 26.7 Å². The Morgan fingerprint density at radius 3 is 2.95 bits per heavy atom. The lowest BCUT2D eigenvalue weighted by atomic mass is 10.2. The van der Waals surface area contributed by atoms with Gasteiger partial charge in [-0.25, -0.2) is 0 Å². The van der Waals surface area contributed by atoms with E-state index in [2.05, 4.69) is 17.6 Å². The number of aliphatic hydroxyl groups is 1. The van der Waals surface area contributed by atoms with Crippen molar-refractivity contribution in [3.63, 3.8) is 0 Å². The molecule has 1 rings (SSSR count). The summed E-state index contributed by atoms with van der Waals surface area (Å²) < 4.78 is 5.50. The fourth-order valence-corrected chi connectivity index (χ4v) is 1.55. The zero-order chi connectivity index (χ0) is 14.1. The number of nitrogens with one attached hydrogen (secondary N) is 2. The van der Waals surface area contributed by atoms with E-state index in [1.54, 1.807) is 7.05 Å². The number of aliphatic hydroxyl groups excluding tert-OH is 1. The molecule has 3 N–H and O–H groups in total. The second-order valence-electron chi connectivity index (χ2n) is 4.27. The van der Waals surface area contributed by atoms with Gasteiger partial charge in [0.1, 0.15) is 18.5 Å². The Morgan fingerprint density at radius 1 is 1.47 bits per heavy atom. The van der Waals surface area contributed by atoms with Crippen LogP contribution in [0.15, 0.2) is 24.3 Å². The molecular weight excluding hydrogens is 244 g/mol. The van der Waals surface area contributed by atoms with E-state index in [0.29, 0.717) is 6.54 Å². The Labute approximate surface area is 114 Å². The number of carbonyl (C=O) groups is 1. The summed E-state index contributed by atoms with van der Waals surface area (Å²) >= 11 is 0. The van der Waals surface area contributed by atoms with E-state index in [1.807, 2.05) is 24.3 Å². The molecule has 0 fully saturated rings. The molecule has 0 heterocycles. The van der Waals surface area contributed by atoms with Gasteiger partial charge in [0.25, 0.3) is 0 Å². The number of carbonyl (C=O) groups excluding carboxylic acids is 1. The highest BCUT2D eigenvalue weighted by atomic mass is 16.5. The molecular formula is C14H22N2O3. The van der Waals surface area contributed by atoms with E-state index in [1.165, 1.54) is 5.56 Å². The number of benzene rings is 1. The summed E-state index contributed by atoms with van der Waals surface area (Å²) in [6.45, 7) is 2.80. The van der Waals surface area contributed by atoms with Crippen molar-refractivity contribution in [3.05, 3.63) is 29.8 Å². The van der Waals surface area contributed by atoms with Crippen molar-refractivity contribution in [1.29, 1.82) is 0 Å². The van der Waals surface area contributed by atoms with Crippen molar-refractivity contribution in [1.82, 2.24) is 10.6 Å². The summed E-state index contributed by atoms with van der Waals surface area (Å²) in [7, 11) is 1.57. The van der Waals surface area contributed by atoms with E-state index in [-0.39, 0.29) is 19.1 Å². The Balaban J connectivity index is 2.25. The molecule has 0 saturated carbocycles. The van der Waals surface area contributed by atoms with Crippen LogP contribution in [0.4, 0.5) is 0 Å². The molecule has 1 atom stereocenters. The van der Waals surface area contributed by atoms with Crippen LogP contribution < -0.4 is 15.4 Å². The molecule has 0 spiro atoms. The molecule has 0 bridgehead atoms. The smallest absolute Gasteiger partial charge is 0.233 e. The van der Waals surface area contributed by atoms with Gasteiger partial charge in [-0.3, -0.25) is 4.79 Å². The lowest BCUT2D eigenvalue weighted by Gasteiger charge is -2.13. The molecule has 5 heteroatoms. The molecule has 0 radical (unpaired) electrons. The highest BCUT2D eigenvalue weighted by molar-refractivity contribution is 5.77. The van der Waals surface area contributed by atoms with Crippen molar-refractivity contribution < 1.29 is 14.6 Å². The molecule has 1 unspecified atom stereocenters. The summed E-state index contributed by atoms with van der Waals surface area (Å²) in [5, 5.41) is 15.1. The monoisotopic (exact) mass is 266 g/mol. The first kappa shape index (κ1) is 15.5. The second kappa shape index (κ2) is 8.50. The van der Waals surface area contributed by atoms with Crippen LogP contribution in [0.1, 0.15) is 12.5 Å². The zero-order valence-corrected chi connectivity index (χ0v) is 11.5. The average Bonchev–Trinajstić information content (AvgIpc) is 2.45. The molecule has 106 valence electrons. The predicted molar refractivity (Wildman–Crippen MR) is 74.3 cm³/mol. The van der Waals surface area contributed by atoms with Crippen LogP contribution in [-0.4, -0.2) is 43.9 Å². The number of hydrogen-bond acceptors (Lipinski definition) is 4. The highest BCUT2D eigenvalue weighted by Crippen LogP contribution is 2.13. The fourth-order valence-electron chi connectivity index (χ4n) is 1.55. The normalized spacial score (nSPS) is 11.9. The quantitative estimate of drug-likeness (QED) is 0.634. The summed E-state index contributed by atoms with van der Waals surface area (Å²) in [5.41, 5.74) is 1.20. The van der Waals surface area contributed by atoms with Crippen LogP contribution in [0, 0.1) is 0 Å². The van der Waals surface area contributed by atoms with E-state index in [4.69, 9.17) is 4.74 Å². The molecule has 0 aliphatic heterocycles. The summed E-state index contributed by atoms with van der Waals surface area (Å²) in [5.74, 6) is 0.647. The summed E-state index contributed by atoms with van der Waals surface area (Å²) in [4.78, 5) is 11.0. The van der Waals surface area contributed by atoms with E-state index in [9.17, 15) is 9.90 Å². The first-order chi connectivity index (χ1) is 9.15. The molecule has 1 aromatic carbocycles. The maximum absolute atomic E-state index is 11.0. The molecule has 0 saturated heterocycles. The van der Waals surface area contributed by atoms with Crippen LogP contribution in [0.2, 0.25) is 0 Å². The molecule has 1 aromatic rings. The highest BCUT2D eigenvalue weighted by Gasteiger charge is 2.06. The topological polar surface area (TPSA) is 70.6 Å². The van der Waals surface area contributed by atoms with Crippen LogP contribution in [0.5, 0.6) is 5.75 Å². The van der Waals surface area contributed by atoms with Gasteiger partial charge < -0.3 is 20.5 Å². The third-order valence-corrected chi connectivity index (χ3v) is 2.69. The molecule has 19 heavy (non-hydrogen) atoms. The minimum atomic E-state index is -0.644.